The molecule has 0 unspecified atom stereocenters. The minimum Gasteiger partial charge on any atom is -0.486 e. The van der Waals surface area contributed by atoms with Crippen LogP contribution in [0.4, 0.5) is 5.82 Å². The lowest BCUT2D eigenvalue weighted by molar-refractivity contribution is 0.0838. The molecule has 1 saturated carbocycles. The fourth-order valence-electron chi connectivity index (χ4n) is 4.80. The highest BCUT2D eigenvalue weighted by atomic mass is 32.1. The first-order valence-corrected chi connectivity index (χ1v) is 12.5. The second kappa shape index (κ2) is 12.9. The van der Waals surface area contributed by atoms with Crippen molar-refractivity contribution in [2.24, 2.45) is 0 Å². The maximum absolute atomic E-state index is 12.6. The van der Waals surface area contributed by atoms with Gasteiger partial charge >= 0.3 is 0 Å². The number of benzene rings is 1. The number of hydrogen-bond acceptors (Lipinski definition) is 9. The zero-order valence-electron chi connectivity index (χ0n) is 20.7. The Bertz CT molecular complexity index is 1160. The normalized spacial score (nSPS) is 16.5. The number of amides is 1. The predicted molar refractivity (Wildman–Crippen MR) is 143 cm³/mol. The average molecular weight is 527 g/mol. The summed E-state index contributed by atoms with van der Waals surface area (Å²) >= 11 is 0. The predicted octanol–water partition coefficient (Wildman–Crippen LogP) is 2.66. The standard InChI is InChI=1S/C26H32N6O4.H2S/c33-21(11-28-26(34)24-10-25(30-16-29-24)31-20-3-1-2-4-20)14-32-8-7-18-9-22(6-5-19(18)13-32)35-15-23-12-27-17-36-23;/h5-6,9-10,12,16-17,20-21,33H,1-4,7-8,11,13-15H2,(H,28,34)(H,29,30,31);1H2/t21-;/m0./s1. The third-order valence-corrected chi connectivity index (χ3v) is 6.71. The second-order valence-corrected chi connectivity index (χ2v) is 9.45. The van der Waals surface area contributed by atoms with Crippen LogP contribution in [0.15, 0.2) is 47.6 Å². The third-order valence-electron chi connectivity index (χ3n) is 6.71. The lowest BCUT2D eigenvalue weighted by Gasteiger charge is -2.30. The monoisotopic (exact) mass is 526 g/mol. The van der Waals surface area contributed by atoms with Crippen molar-refractivity contribution in [3.05, 3.63) is 65.8 Å². The second-order valence-electron chi connectivity index (χ2n) is 9.45. The molecule has 1 atom stereocenters. The van der Waals surface area contributed by atoms with Crippen molar-refractivity contribution in [2.75, 3.05) is 25.0 Å². The van der Waals surface area contributed by atoms with Gasteiger partial charge in [0.1, 0.15) is 30.2 Å². The van der Waals surface area contributed by atoms with Crippen LogP contribution in [0.5, 0.6) is 5.75 Å². The maximum atomic E-state index is 12.6. The molecule has 0 spiro atoms. The van der Waals surface area contributed by atoms with Gasteiger partial charge in [-0.05, 0) is 42.5 Å². The molecule has 3 heterocycles. The number of rotatable bonds is 10. The number of aliphatic hydroxyl groups excluding tert-OH is 1. The number of fused-ring (bicyclic) bond motifs is 1. The van der Waals surface area contributed by atoms with Crippen molar-refractivity contribution >= 4 is 25.2 Å². The first-order chi connectivity index (χ1) is 17.6. The van der Waals surface area contributed by atoms with E-state index in [1.807, 2.05) is 6.07 Å². The first-order valence-electron chi connectivity index (χ1n) is 12.5. The van der Waals surface area contributed by atoms with Gasteiger partial charge in [-0.15, -0.1) is 0 Å². The molecule has 2 aromatic heterocycles. The molecule has 37 heavy (non-hydrogen) atoms. The Morgan fingerprint density at radius 1 is 1.22 bits per heavy atom. The Balaban J connectivity index is 0.00000320. The Kier molecular flexibility index (Phi) is 9.37. The molecule has 1 fully saturated rings. The van der Waals surface area contributed by atoms with E-state index in [2.05, 4.69) is 42.6 Å². The number of β-amino-alcohol motifs (C(OH)–C–C–N with tert-alkyl or cyclic N) is 1. The zero-order chi connectivity index (χ0) is 24.7. The Hall–Kier alpha value is -3.15. The molecule has 5 rings (SSSR count). The molecule has 0 bridgehead atoms. The van der Waals surface area contributed by atoms with E-state index in [0.29, 0.717) is 36.5 Å². The molecule has 10 nitrogen and oxygen atoms in total. The number of ether oxygens (including phenoxy) is 1. The highest BCUT2D eigenvalue weighted by molar-refractivity contribution is 7.59. The van der Waals surface area contributed by atoms with Crippen LogP contribution in [0.25, 0.3) is 0 Å². The van der Waals surface area contributed by atoms with Gasteiger partial charge in [-0.3, -0.25) is 9.69 Å². The lowest BCUT2D eigenvalue weighted by Crippen LogP contribution is -2.42. The van der Waals surface area contributed by atoms with E-state index in [9.17, 15) is 9.90 Å². The number of hydrogen-bond donors (Lipinski definition) is 3. The number of carbonyl (C=O) groups is 1. The molecule has 198 valence electrons. The van der Waals surface area contributed by atoms with Gasteiger partial charge in [0.25, 0.3) is 5.91 Å². The van der Waals surface area contributed by atoms with E-state index in [0.717, 1.165) is 38.1 Å². The zero-order valence-corrected chi connectivity index (χ0v) is 21.7. The number of aliphatic hydroxyl groups is 1. The SMILES string of the molecule is O=C(NC[C@H](O)CN1CCc2cc(OCc3cnco3)ccc2C1)c1cc(NC2CCCC2)ncn1.S. The largest absolute Gasteiger partial charge is 0.486 e. The first kappa shape index (κ1) is 26.9. The number of oxazole rings is 1. The van der Waals surface area contributed by atoms with E-state index < -0.39 is 6.10 Å². The van der Waals surface area contributed by atoms with Gasteiger partial charge < -0.3 is 24.9 Å². The minimum absolute atomic E-state index is 0. The number of anilines is 1. The quantitative estimate of drug-likeness (QED) is 0.365. The number of nitrogens with zero attached hydrogens (tertiary/aromatic N) is 4. The summed E-state index contributed by atoms with van der Waals surface area (Å²) in [5.41, 5.74) is 2.76. The van der Waals surface area contributed by atoms with Crippen LogP contribution in [0.2, 0.25) is 0 Å². The maximum Gasteiger partial charge on any atom is 0.270 e. The molecular formula is C26H34N6O4S. The van der Waals surface area contributed by atoms with E-state index in [-0.39, 0.29) is 25.9 Å². The summed E-state index contributed by atoms with van der Waals surface area (Å²) in [7, 11) is 0. The fourth-order valence-corrected chi connectivity index (χ4v) is 4.80. The Labute approximate surface area is 223 Å². The van der Waals surface area contributed by atoms with E-state index in [4.69, 9.17) is 9.15 Å². The smallest absolute Gasteiger partial charge is 0.270 e. The van der Waals surface area contributed by atoms with Gasteiger partial charge in [-0.1, -0.05) is 18.9 Å². The third kappa shape index (κ3) is 7.43. The van der Waals surface area contributed by atoms with Crippen LogP contribution in [0.3, 0.4) is 0 Å². The molecule has 3 N–H and O–H groups in total. The van der Waals surface area contributed by atoms with Gasteiger partial charge in [-0.25, -0.2) is 15.0 Å². The summed E-state index contributed by atoms with van der Waals surface area (Å²) in [5.74, 6) is 1.84. The van der Waals surface area contributed by atoms with E-state index >= 15 is 0 Å². The summed E-state index contributed by atoms with van der Waals surface area (Å²) in [4.78, 5) is 27.0. The average Bonchev–Trinajstić information content (AvgIpc) is 3.61. The molecule has 1 aliphatic carbocycles. The van der Waals surface area contributed by atoms with Gasteiger partial charge in [-0.2, -0.15) is 13.5 Å². The fraction of sp³-hybridized carbons (Fsp3) is 0.462. The molecule has 3 aromatic rings. The van der Waals surface area contributed by atoms with Gasteiger partial charge in [0.2, 0.25) is 0 Å². The summed E-state index contributed by atoms with van der Waals surface area (Å²) in [5, 5.41) is 16.7. The van der Waals surface area contributed by atoms with Crippen molar-refractivity contribution < 1.29 is 19.1 Å². The summed E-state index contributed by atoms with van der Waals surface area (Å²) in [6.07, 6.45) is 9.30. The van der Waals surface area contributed by atoms with E-state index in [1.54, 1.807) is 12.3 Å². The van der Waals surface area contributed by atoms with Crippen LogP contribution in [0.1, 0.15) is 53.1 Å². The van der Waals surface area contributed by atoms with Crippen LogP contribution in [-0.2, 0) is 19.6 Å². The number of carbonyl (C=O) groups excluding carboxylic acids is 1. The topological polar surface area (TPSA) is 126 Å². The van der Waals surface area contributed by atoms with Crippen LogP contribution >= 0.6 is 13.5 Å². The molecule has 11 heteroatoms. The molecule has 0 saturated heterocycles. The Morgan fingerprint density at radius 2 is 2.08 bits per heavy atom. The number of aromatic nitrogens is 3. The molecule has 2 aliphatic rings. The van der Waals surface area contributed by atoms with Gasteiger partial charge in [0, 0.05) is 38.3 Å². The molecule has 0 radical (unpaired) electrons. The summed E-state index contributed by atoms with van der Waals surface area (Å²) < 4.78 is 11.0. The number of nitrogens with one attached hydrogen (secondary N) is 2. The van der Waals surface area contributed by atoms with Crippen molar-refractivity contribution in [2.45, 2.75) is 57.4 Å². The van der Waals surface area contributed by atoms with E-state index in [1.165, 1.54) is 36.7 Å². The van der Waals surface area contributed by atoms with Crippen LogP contribution in [0, 0.1) is 0 Å². The van der Waals surface area contributed by atoms with Crippen molar-refractivity contribution in [3.8, 4) is 5.75 Å². The van der Waals surface area contributed by atoms with Gasteiger partial charge in [0.15, 0.2) is 12.2 Å². The van der Waals surface area contributed by atoms with Gasteiger partial charge in [0.05, 0.1) is 12.3 Å². The Morgan fingerprint density at radius 3 is 2.89 bits per heavy atom. The van der Waals surface area contributed by atoms with Crippen LogP contribution in [-0.4, -0.2) is 62.6 Å². The highest BCUT2D eigenvalue weighted by Gasteiger charge is 2.21. The molecule has 1 aromatic carbocycles. The molecule has 1 amide bonds. The van der Waals surface area contributed by atoms with Crippen molar-refractivity contribution in [1.29, 1.82) is 0 Å². The van der Waals surface area contributed by atoms with Crippen molar-refractivity contribution in [3.63, 3.8) is 0 Å². The summed E-state index contributed by atoms with van der Waals surface area (Å²) in [6, 6.07) is 8.16. The highest BCUT2D eigenvalue weighted by Crippen LogP contribution is 2.25. The molecular weight excluding hydrogens is 492 g/mol. The summed E-state index contributed by atoms with van der Waals surface area (Å²) in [6.45, 7) is 2.54. The van der Waals surface area contributed by atoms with Crippen molar-refractivity contribution in [1.82, 2.24) is 25.2 Å². The molecule has 1 aliphatic heterocycles. The minimum atomic E-state index is -0.682. The van der Waals surface area contributed by atoms with Crippen LogP contribution < -0.4 is 15.4 Å². The lowest BCUT2D eigenvalue weighted by atomic mass is 9.99.